The van der Waals surface area contributed by atoms with Gasteiger partial charge in [-0.25, -0.2) is 13.1 Å². The lowest BCUT2D eigenvalue weighted by Gasteiger charge is -2.10. The average Bonchev–Trinajstić information content (AvgIpc) is 2.52. The number of phenolic OH excluding ortho intramolecular Hbond substituents is 2. The van der Waals surface area contributed by atoms with E-state index in [2.05, 4.69) is 4.72 Å². The van der Waals surface area contributed by atoms with Gasteiger partial charge in [0, 0.05) is 6.54 Å². The highest BCUT2D eigenvalue weighted by molar-refractivity contribution is 7.89. The first-order valence-electron chi connectivity index (χ1n) is 7.43. The van der Waals surface area contributed by atoms with E-state index in [1.807, 2.05) is 6.92 Å². The van der Waals surface area contributed by atoms with Crippen molar-refractivity contribution in [2.75, 3.05) is 6.54 Å². The molecule has 2 rings (SSSR count). The smallest absolute Gasteiger partial charge is 0.240 e. The van der Waals surface area contributed by atoms with E-state index < -0.39 is 10.0 Å². The van der Waals surface area contributed by atoms with Crippen LogP contribution in [0.15, 0.2) is 41.3 Å². The normalized spacial score (nSPS) is 11.6. The summed E-state index contributed by atoms with van der Waals surface area (Å²) in [7, 11) is -3.55. The zero-order valence-corrected chi connectivity index (χ0v) is 14.0. The Morgan fingerprint density at radius 2 is 1.65 bits per heavy atom. The van der Waals surface area contributed by atoms with Crippen molar-refractivity contribution in [3.8, 4) is 11.5 Å². The minimum absolute atomic E-state index is 0.178. The van der Waals surface area contributed by atoms with E-state index in [4.69, 9.17) is 0 Å². The molecule has 23 heavy (non-hydrogen) atoms. The number of aryl methyl sites for hydroxylation is 2. The Balaban J connectivity index is 2.03. The Labute approximate surface area is 136 Å². The van der Waals surface area contributed by atoms with Gasteiger partial charge in [0.2, 0.25) is 10.0 Å². The fourth-order valence-electron chi connectivity index (χ4n) is 2.30. The molecule has 0 aliphatic carbocycles. The summed E-state index contributed by atoms with van der Waals surface area (Å²) in [6.45, 7) is 4.02. The van der Waals surface area contributed by atoms with Gasteiger partial charge in [0.15, 0.2) is 11.5 Å². The van der Waals surface area contributed by atoms with E-state index >= 15 is 0 Å². The van der Waals surface area contributed by atoms with Crippen LogP contribution < -0.4 is 4.72 Å². The Morgan fingerprint density at radius 3 is 2.26 bits per heavy atom. The van der Waals surface area contributed by atoms with E-state index in [-0.39, 0.29) is 22.9 Å². The topological polar surface area (TPSA) is 86.6 Å². The largest absolute Gasteiger partial charge is 0.504 e. The molecule has 0 aliphatic heterocycles. The number of aromatic hydroxyl groups is 2. The number of hydrogen-bond acceptors (Lipinski definition) is 4. The number of nitrogens with one attached hydrogen (secondary N) is 1. The molecule has 124 valence electrons. The first-order chi connectivity index (χ1) is 10.8. The maximum atomic E-state index is 12.2. The fourth-order valence-corrected chi connectivity index (χ4v) is 3.33. The van der Waals surface area contributed by atoms with Gasteiger partial charge in [-0.2, -0.15) is 0 Å². The summed E-state index contributed by atoms with van der Waals surface area (Å²) < 4.78 is 27.0. The molecule has 0 bridgehead atoms. The maximum absolute atomic E-state index is 12.2. The van der Waals surface area contributed by atoms with E-state index in [1.54, 1.807) is 31.2 Å². The third-order valence-corrected chi connectivity index (χ3v) is 5.24. The molecule has 0 aromatic heterocycles. The molecule has 6 heteroatoms. The average molecular weight is 335 g/mol. The van der Waals surface area contributed by atoms with E-state index in [9.17, 15) is 18.6 Å². The standard InChI is InChI=1S/C17H21NO4S/c1-3-13-4-6-15(7-5-13)23(21,22)18-9-8-14-11-17(20)16(19)10-12(14)2/h4-7,10-11,18-20H,3,8-9H2,1-2H3. The number of hydrogen-bond donors (Lipinski definition) is 3. The van der Waals surface area contributed by atoms with Crippen molar-refractivity contribution in [2.24, 2.45) is 0 Å². The molecule has 0 saturated carbocycles. The molecule has 2 aromatic carbocycles. The molecule has 0 spiro atoms. The second-order valence-electron chi connectivity index (χ2n) is 5.41. The van der Waals surface area contributed by atoms with Gasteiger partial charge in [-0.1, -0.05) is 19.1 Å². The number of rotatable bonds is 6. The summed E-state index contributed by atoms with van der Waals surface area (Å²) in [6, 6.07) is 9.71. The van der Waals surface area contributed by atoms with Crippen LogP contribution in [0.25, 0.3) is 0 Å². The zero-order chi connectivity index (χ0) is 17.0. The van der Waals surface area contributed by atoms with Crippen LogP contribution >= 0.6 is 0 Å². The van der Waals surface area contributed by atoms with E-state index in [1.165, 1.54) is 12.1 Å². The van der Waals surface area contributed by atoms with Gasteiger partial charge in [0.05, 0.1) is 4.90 Å². The predicted octanol–water partition coefficient (Wildman–Crippen LogP) is 2.49. The summed E-state index contributed by atoms with van der Waals surface area (Å²) in [5.74, 6) is -0.383. The molecule has 0 radical (unpaired) electrons. The van der Waals surface area contributed by atoms with Gasteiger partial charge >= 0.3 is 0 Å². The highest BCUT2D eigenvalue weighted by Gasteiger charge is 2.13. The van der Waals surface area contributed by atoms with Crippen LogP contribution in [0.4, 0.5) is 0 Å². The van der Waals surface area contributed by atoms with Gasteiger partial charge in [0.1, 0.15) is 0 Å². The number of benzene rings is 2. The number of phenols is 2. The van der Waals surface area contributed by atoms with Gasteiger partial charge < -0.3 is 10.2 Å². The molecule has 0 aliphatic rings. The van der Waals surface area contributed by atoms with Crippen LogP contribution in [-0.2, 0) is 22.9 Å². The molecule has 0 fully saturated rings. The summed E-state index contributed by atoms with van der Waals surface area (Å²) in [5, 5.41) is 18.9. The van der Waals surface area contributed by atoms with Crippen molar-refractivity contribution in [2.45, 2.75) is 31.6 Å². The third kappa shape index (κ3) is 4.24. The Kier molecular flexibility index (Phi) is 5.28. The summed E-state index contributed by atoms with van der Waals surface area (Å²) >= 11 is 0. The van der Waals surface area contributed by atoms with Crippen LogP contribution in [0.5, 0.6) is 11.5 Å². The first kappa shape index (κ1) is 17.3. The lowest BCUT2D eigenvalue weighted by Crippen LogP contribution is -2.26. The van der Waals surface area contributed by atoms with Crippen molar-refractivity contribution in [3.63, 3.8) is 0 Å². The molecule has 3 N–H and O–H groups in total. The van der Waals surface area contributed by atoms with Crippen molar-refractivity contribution in [1.82, 2.24) is 4.72 Å². The van der Waals surface area contributed by atoms with Crippen LogP contribution in [0.2, 0.25) is 0 Å². The molecule has 0 atom stereocenters. The quantitative estimate of drug-likeness (QED) is 0.708. The van der Waals surface area contributed by atoms with Crippen molar-refractivity contribution >= 4 is 10.0 Å². The van der Waals surface area contributed by atoms with Crippen molar-refractivity contribution in [3.05, 3.63) is 53.1 Å². The first-order valence-corrected chi connectivity index (χ1v) is 8.92. The lowest BCUT2D eigenvalue weighted by atomic mass is 10.1. The summed E-state index contributed by atoms with van der Waals surface area (Å²) in [5.41, 5.74) is 2.66. The van der Waals surface area contributed by atoms with E-state index in [0.29, 0.717) is 6.42 Å². The minimum atomic E-state index is -3.55. The highest BCUT2D eigenvalue weighted by Crippen LogP contribution is 2.28. The third-order valence-electron chi connectivity index (χ3n) is 3.76. The predicted molar refractivity (Wildman–Crippen MR) is 89.2 cm³/mol. The highest BCUT2D eigenvalue weighted by atomic mass is 32.2. The Bertz CT molecular complexity index is 783. The summed E-state index contributed by atoms with van der Waals surface area (Å²) in [4.78, 5) is 0.236. The van der Waals surface area contributed by atoms with Crippen molar-refractivity contribution in [1.29, 1.82) is 0 Å². The molecular weight excluding hydrogens is 314 g/mol. The molecule has 2 aromatic rings. The molecular formula is C17H21NO4S. The van der Waals surface area contributed by atoms with Gasteiger partial charge in [-0.15, -0.1) is 0 Å². The summed E-state index contributed by atoms with van der Waals surface area (Å²) in [6.07, 6.45) is 1.28. The second-order valence-corrected chi connectivity index (χ2v) is 7.18. The maximum Gasteiger partial charge on any atom is 0.240 e. The monoisotopic (exact) mass is 335 g/mol. The van der Waals surface area contributed by atoms with Crippen LogP contribution in [0, 0.1) is 6.92 Å². The molecule has 5 nitrogen and oxygen atoms in total. The van der Waals surface area contributed by atoms with Crippen molar-refractivity contribution < 1.29 is 18.6 Å². The fraction of sp³-hybridized carbons (Fsp3) is 0.294. The zero-order valence-electron chi connectivity index (χ0n) is 13.2. The molecule has 0 amide bonds. The van der Waals surface area contributed by atoms with Gasteiger partial charge in [-0.3, -0.25) is 0 Å². The number of sulfonamides is 1. The lowest BCUT2D eigenvalue weighted by molar-refractivity contribution is 0.402. The SMILES string of the molecule is CCc1ccc(S(=O)(=O)NCCc2cc(O)c(O)cc2C)cc1. The van der Waals surface area contributed by atoms with Gasteiger partial charge in [-0.05, 0) is 60.7 Å². The minimum Gasteiger partial charge on any atom is -0.504 e. The molecule has 0 saturated heterocycles. The second kappa shape index (κ2) is 7.02. The van der Waals surface area contributed by atoms with Gasteiger partial charge in [0.25, 0.3) is 0 Å². The van der Waals surface area contributed by atoms with E-state index in [0.717, 1.165) is 23.1 Å². The Hall–Kier alpha value is -2.05. The van der Waals surface area contributed by atoms with Crippen LogP contribution in [-0.4, -0.2) is 25.2 Å². The molecule has 0 unspecified atom stereocenters. The Morgan fingerprint density at radius 1 is 1.04 bits per heavy atom. The van der Waals surface area contributed by atoms with Crippen LogP contribution in [0.3, 0.4) is 0 Å². The van der Waals surface area contributed by atoms with Crippen LogP contribution in [0.1, 0.15) is 23.6 Å². The molecule has 0 heterocycles.